The monoisotopic (exact) mass is 387 g/mol. The summed E-state index contributed by atoms with van der Waals surface area (Å²) >= 11 is 5.80. The molecule has 0 bridgehead atoms. The lowest BCUT2D eigenvalue weighted by Gasteiger charge is -2.31. The molecule has 2 aromatic rings. The normalized spacial score (nSPS) is 14.6. The molecular formula is C19H18ClN3O4. The van der Waals surface area contributed by atoms with Crippen molar-refractivity contribution < 1.29 is 14.5 Å². The number of carbonyl (C=O) groups is 2. The van der Waals surface area contributed by atoms with Crippen molar-refractivity contribution in [2.45, 2.75) is 12.8 Å². The molecule has 140 valence electrons. The molecule has 0 aromatic heterocycles. The van der Waals surface area contributed by atoms with E-state index in [4.69, 9.17) is 11.6 Å². The van der Waals surface area contributed by atoms with Crippen molar-refractivity contribution in [2.24, 2.45) is 5.92 Å². The van der Waals surface area contributed by atoms with Crippen LogP contribution in [0.3, 0.4) is 0 Å². The topological polar surface area (TPSA) is 92.6 Å². The van der Waals surface area contributed by atoms with Gasteiger partial charge in [-0.3, -0.25) is 19.7 Å². The quantitative estimate of drug-likeness (QED) is 0.638. The number of benzene rings is 2. The van der Waals surface area contributed by atoms with Crippen molar-refractivity contribution >= 4 is 34.8 Å². The Morgan fingerprint density at radius 1 is 1.11 bits per heavy atom. The maximum absolute atomic E-state index is 12.7. The van der Waals surface area contributed by atoms with E-state index < -0.39 is 10.8 Å². The van der Waals surface area contributed by atoms with E-state index in [1.165, 1.54) is 18.2 Å². The maximum atomic E-state index is 12.7. The zero-order chi connectivity index (χ0) is 19.4. The molecule has 2 amide bonds. The third kappa shape index (κ3) is 4.43. The van der Waals surface area contributed by atoms with Crippen molar-refractivity contribution in [2.75, 3.05) is 18.4 Å². The highest BCUT2D eigenvalue weighted by atomic mass is 35.5. The molecule has 8 heteroatoms. The number of hydrogen-bond donors (Lipinski definition) is 1. The fraction of sp³-hybridized carbons (Fsp3) is 0.263. The van der Waals surface area contributed by atoms with E-state index >= 15 is 0 Å². The Labute approximate surface area is 161 Å². The zero-order valence-corrected chi connectivity index (χ0v) is 15.2. The number of para-hydroxylation sites is 1. The minimum absolute atomic E-state index is 0.0107. The maximum Gasteiger partial charge on any atom is 0.283 e. The van der Waals surface area contributed by atoms with Gasteiger partial charge in [0.15, 0.2) is 0 Å². The number of piperidine rings is 1. The Morgan fingerprint density at radius 2 is 1.78 bits per heavy atom. The van der Waals surface area contributed by atoms with Gasteiger partial charge in [0.05, 0.1) is 4.92 Å². The lowest BCUT2D eigenvalue weighted by molar-refractivity contribution is -0.385. The van der Waals surface area contributed by atoms with E-state index in [1.807, 2.05) is 30.3 Å². The molecule has 3 rings (SSSR count). The van der Waals surface area contributed by atoms with Crippen LogP contribution in [0.5, 0.6) is 0 Å². The Balaban J connectivity index is 1.63. The SMILES string of the molecule is O=C(Nc1ccccc1)C1CCN(C(=O)c2ccc(Cl)cc2[N+](=O)[O-])CC1. The van der Waals surface area contributed by atoms with Crippen molar-refractivity contribution in [3.05, 3.63) is 69.2 Å². The molecule has 0 unspecified atom stereocenters. The van der Waals surface area contributed by atoms with Crippen molar-refractivity contribution in [3.63, 3.8) is 0 Å². The van der Waals surface area contributed by atoms with Crippen molar-refractivity contribution in [1.29, 1.82) is 0 Å². The van der Waals surface area contributed by atoms with Crippen molar-refractivity contribution in [3.8, 4) is 0 Å². The van der Waals surface area contributed by atoms with Crippen LogP contribution in [-0.4, -0.2) is 34.7 Å². The van der Waals surface area contributed by atoms with Gasteiger partial charge in [0, 0.05) is 35.8 Å². The van der Waals surface area contributed by atoms with Gasteiger partial charge in [0.25, 0.3) is 11.6 Å². The van der Waals surface area contributed by atoms with Gasteiger partial charge in [-0.2, -0.15) is 0 Å². The molecule has 1 N–H and O–H groups in total. The van der Waals surface area contributed by atoms with Crippen LogP contribution in [0.1, 0.15) is 23.2 Å². The van der Waals surface area contributed by atoms with E-state index in [1.54, 1.807) is 4.90 Å². The Hall–Kier alpha value is -2.93. The standard InChI is InChI=1S/C19H18ClN3O4/c20-14-6-7-16(17(12-14)23(26)27)19(25)22-10-8-13(9-11-22)18(24)21-15-4-2-1-3-5-15/h1-7,12-13H,8-11H2,(H,21,24). The molecule has 7 nitrogen and oxygen atoms in total. The summed E-state index contributed by atoms with van der Waals surface area (Å²) in [6.45, 7) is 0.733. The molecule has 0 saturated carbocycles. The number of halogens is 1. The highest BCUT2D eigenvalue weighted by molar-refractivity contribution is 6.31. The fourth-order valence-corrected chi connectivity index (χ4v) is 3.28. The summed E-state index contributed by atoms with van der Waals surface area (Å²) in [5.74, 6) is -0.694. The third-order valence-electron chi connectivity index (χ3n) is 4.58. The van der Waals surface area contributed by atoms with Crippen LogP contribution in [0.15, 0.2) is 48.5 Å². The minimum atomic E-state index is -0.612. The van der Waals surface area contributed by atoms with E-state index in [-0.39, 0.29) is 28.1 Å². The number of likely N-dealkylation sites (tertiary alicyclic amines) is 1. The molecule has 1 aliphatic heterocycles. The van der Waals surface area contributed by atoms with Gasteiger partial charge in [0.2, 0.25) is 5.91 Å². The predicted molar refractivity (Wildman–Crippen MR) is 102 cm³/mol. The summed E-state index contributed by atoms with van der Waals surface area (Å²) in [4.78, 5) is 37.2. The summed E-state index contributed by atoms with van der Waals surface area (Å²) in [6.07, 6.45) is 1.01. The van der Waals surface area contributed by atoms with Gasteiger partial charge < -0.3 is 10.2 Å². The lowest BCUT2D eigenvalue weighted by Crippen LogP contribution is -2.41. The Kier molecular flexibility index (Phi) is 5.71. The van der Waals surface area contributed by atoms with Crippen LogP contribution < -0.4 is 5.32 Å². The summed E-state index contributed by atoms with van der Waals surface area (Å²) in [5, 5.41) is 14.3. The summed E-state index contributed by atoms with van der Waals surface area (Å²) in [6, 6.07) is 13.2. The molecule has 1 saturated heterocycles. The molecule has 1 heterocycles. The molecule has 1 aliphatic rings. The van der Waals surface area contributed by atoms with E-state index in [2.05, 4.69) is 5.32 Å². The molecule has 0 atom stereocenters. The molecule has 0 spiro atoms. The van der Waals surface area contributed by atoms with Crippen LogP contribution in [0.25, 0.3) is 0 Å². The van der Waals surface area contributed by atoms with Crippen LogP contribution in [0.4, 0.5) is 11.4 Å². The van der Waals surface area contributed by atoms with Crippen LogP contribution in [-0.2, 0) is 4.79 Å². The van der Waals surface area contributed by atoms with Gasteiger partial charge in [-0.1, -0.05) is 29.8 Å². The average Bonchev–Trinajstić information content (AvgIpc) is 2.68. The number of nitrogens with zero attached hydrogens (tertiary/aromatic N) is 2. The summed E-state index contributed by atoms with van der Waals surface area (Å²) in [5.41, 5.74) is 0.436. The fourth-order valence-electron chi connectivity index (χ4n) is 3.12. The second-order valence-electron chi connectivity index (χ2n) is 6.34. The first-order valence-electron chi connectivity index (χ1n) is 8.55. The predicted octanol–water partition coefficient (Wildman–Crippen LogP) is 3.74. The number of carbonyl (C=O) groups excluding carboxylic acids is 2. The van der Waals surface area contributed by atoms with Gasteiger partial charge in [-0.15, -0.1) is 0 Å². The molecule has 0 radical (unpaired) electrons. The molecular weight excluding hydrogens is 370 g/mol. The first-order chi connectivity index (χ1) is 13.0. The highest BCUT2D eigenvalue weighted by Crippen LogP contribution is 2.27. The van der Waals surface area contributed by atoms with Crippen LogP contribution >= 0.6 is 11.6 Å². The molecule has 2 aromatic carbocycles. The average molecular weight is 388 g/mol. The van der Waals surface area contributed by atoms with Gasteiger partial charge in [-0.05, 0) is 37.1 Å². The largest absolute Gasteiger partial charge is 0.338 e. The number of rotatable bonds is 4. The Morgan fingerprint density at radius 3 is 2.41 bits per heavy atom. The Bertz CT molecular complexity index is 865. The lowest BCUT2D eigenvalue weighted by atomic mass is 9.95. The van der Waals surface area contributed by atoms with Gasteiger partial charge in [-0.25, -0.2) is 0 Å². The number of nitrogens with one attached hydrogen (secondary N) is 1. The number of nitro groups is 1. The molecule has 0 aliphatic carbocycles. The second-order valence-corrected chi connectivity index (χ2v) is 6.78. The van der Waals surface area contributed by atoms with E-state index in [0.717, 1.165) is 5.69 Å². The number of nitro benzene ring substituents is 1. The highest BCUT2D eigenvalue weighted by Gasteiger charge is 2.30. The van der Waals surface area contributed by atoms with Gasteiger partial charge >= 0.3 is 0 Å². The van der Waals surface area contributed by atoms with E-state index in [0.29, 0.717) is 25.9 Å². The first kappa shape index (κ1) is 18.8. The number of hydrogen-bond acceptors (Lipinski definition) is 4. The number of amides is 2. The molecule has 27 heavy (non-hydrogen) atoms. The van der Waals surface area contributed by atoms with E-state index in [9.17, 15) is 19.7 Å². The summed E-state index contributed by atoms with van der Waals surface area (Å²) < 4.78 is 0. The first-order valence-corrected chi connectivity index (χ1v) is 8.92. The zero-order valence-electron chi connectivity index (χ0n) is 14.4. The van der Waals surface area contributed by atoms with Crippen molar-refractivity contribution in [1.82, 2.24) is 4.90 Å². The third-order valence-corrected chi connectivity index (χ3v) is 4.82. The summed E-state index contributed by atoms with van der Waals surface area (Å²) in [7, 11) is 0. The van der Waals surface area contributed by atoms with Gasteiger partial charge in [0.1, 0.15) is 5.56 Å². The smallest absolute Gasteiger partial charge is 0.283 e. The number of anilines is 1. The molecule has 1 fully saturated rings. The van der Waals surface area contributed by atoms with Crippen LogP contribution in [0.2, 0.25) is 5.02 Å². The second kappa shape index (κ2) is 8.18. The minimum Gasteiger partial charge on any atom is -0.338 e. The van der Waals surface area contributed by atoms with Crippen LogP contribution in [0, 0.1) is 16.0 Å².